The molecular weight excluding hydrogens is 508 g/mol. The van der Waals surface area contributed by atoms with E-state index >= 15 is 0 Å². The first-order valence-electron chi connectivity index (χ1n) is 11.9. The highest BCUT2D eigenvalue weighted by Crippen LogP contribution is 2.48. The molecule has 3 atom stereocenters. The van der Waals surface area contributed by atoms with Gasteiger partial charge in [-0.3, -0.25) is 0 Å². The van der Waals surface area contributed by atoms with E-state index in [1.165, 1.54) is 11.9 Å². The van der Waals surface area contributed by atoms with E-state index < -0.39 is 5.79 Å². The first kappa shape index (κ1) is 24.0. The third kappa shape index (κ3) is 4.37. The molecule has 0 bridgehead atoms. The minimum Gasteiger partial charge on any atom is -0.383 e. The fourth-order valence-corrected chi connectivity index (χ4v) is 5.27. The summed E-state index contributed by atoms with van der Waals surface area (Å²) in [5.41, 5.74) is 14.8. The number of aromatic nitrogens is 4. The molecule has 5 rings (SSSR count). The second-order valence-electron chi connectivity index (χ2n) is 10.1. The van der Waals surface area contributed by atoms with Gasteiger partial charge in [0.1, 0.15) is 29.7 Å². The van der Waals surface area contributed by atoms with Crippen LogP contribution >= 0.6 is 15.9 Å². The summed E-state index contributed by atoms with van der Waals surface area (Å²) in [6.07, 6.45) is 5.66. The summed E-state index contributed by atoms with van der Waals surface area (Å²) in [5, 5.41) is 1.87. The topological polar surface area (TPSA) is 114 Å². The fraction of sp³-hybridized carbons (Fsp3) is 0.423. The van der Waals surface area contributed by atoms with Crippen LogP contribution in [0.3, 0.4) is 0 Å². The van der Waals surface area contributed by atoms with Crippen molar-refractivity contribution in [3.8, 4) is 0 Å². The number of aryl methyl sites for hydroxylation is 1. The summed E-state index contributed by atoms with van der Waals surface area (Å²) in [6.45, 7) is 8.41. The number of anilines is 2. The van der Waals surface area contributed by atoms with E-state index in [-0.39, 0.29) is 17.7 Å². The Labute approximate surface area is 213 Å². The van der Waals surface area contributed by atoms with Crippen LogP contribution in [0.2, 0.25) is 0 Å². The van der Waals surface area contributed by atoms with Gasteiger partial charge in [0.25, 0.3) is 0 Å². The highest BCUT2D eigenvalue weighted by Gasteiger charge is 2.50. The molecule has 0 aliphatic carbocycles. The Hall–Kier alpha value is -2.75. The van der Waals surface area contributed by atoms with Gasteiger partial charge in [0.05, 0.1) is 15.4 Å². The largest absolute Gasteiger partial charge is 0.383 e. The molecule has 0 spiro atoms. The van der Waals surface area contributed by atoms with E-state index in [2.05, 4.69) is 62.9 Å². The smallest absolute Gasteiger partial charge is 0.166 e. The second-order valence-corrected chi connectivity index (χ2v) is 10.9. The summed E-state index contributed by atoms with van der Waals surface area (Å²) < 4.78 is 15.8. The zero-order valence-electron chi connectivity index (χ0n) is 20.5. The number of nitrogens with zero attached hydrogens (tertiary/aromatic N) is 4. The number of nitrogens with two attached hydrogens (primary N) is 2. The molecule has 3 aromatic heterocycles. The lowest BCUT2D eigenvalue weighted by Crippen LogP contribution is -2.38. The van der Waals surface area contributed by atoms with Crippen LogP contribution in [-0.4, -0.2) is 31.4 Å². The summed E-state index contributed by atoms with van der Waals surface area (Å²) in [4.78, 5) is 13.1. The Kier molecular flexibility index (Phi) is 5.97. The number of pyridine rings is 1. The predicted octanol–water partition coefficient (Wildman–Crippen LogP) is 5.61. The van der Waals surface area contributed by atoms with E-state index in [1.807, 2.05) is 36.7 Å². The molecule has 0 saturated carbocycles. The molecule has 1 fully saturated rings. The van der Waals surface area contributed by atoms with Crippen molar-refractivity contribution in [2.24, 2.45) is 5.41 Å². The molecular formula is C26H31BrN6O2. The monoisotopic (exact) mass is 538 g/mol. The van der Waals surface area contributed by atoms with Crippen molar-refractivity contribution in [1.29, 1.82) is 0 Å². The Morgan fingerprint density at radius 3 is 2.69 bits per heavy atom. The van der Waals surface area contributed by atoms with Gasteiger partial charge in [-0.2, -0.15) is 0 Å². The molecule has 4 aromatic rings. The molecule has 0 radical (unpaired) electrons. The quantitative estimate of drug-likeness (QED) is 0.328. The minimum absolute atomic E-state index is 0.158. The van der Waals surface area contributed by atoms with E-state index in [1.54, 1.807) is 0 Å². The van der Waals surface area contributed by atoms with Crippen molar-refractivity contribution in [3.63, 3.8) is 0 Å². The first-order chi connectivity index (χ1) is 16.6. The molecule has 1 aromatic carbocycles. The maximum Gasteiger partial charge on any atom is 0.166 e. The van der Waals surface area contributed by atoms with Crippen LogP contribution in [0.4, 0.5) is 11.6 Å². The lowest BCUT2D eigenvalue weighted by Gasteiger charge is -2.37. The van der Waals surface area contributed by atoms with Gasteiger partial charge in [-0.05, 0) is 78.2 Å². The number of hydrogen-bond donors (Lipinski definition) is 2. The lowest BCUT2D eigenvalue weighted by molar-refractivity contribution is -0.161. The number of fused-ring (bicyclic) bond motifs is 2. The van der Waals surface area contributed by atoms with E-state index in [0.717, 1.165) is 45.7 Å². The van der Waals surface area contributed by atoms with Crippen LogP contribution in [-0.2, 0) is 15.9 Å². The summed E-state index contributed by atoms with van der Waals surface area (Å²) >= 11 is 3.46. The van der Waals surface area contributed by atoms with Crippen LogP contribution in [0.5, 0.6) is 0 Å². The van der Waals surface area contributed by atoms with E-state index in [9.17, 15) is 0 Å². The summed E-state index contributed by atoms with van der Waals surface area (Å²) in [6, 6.07) is 10.3. The van der Waals surface area contributed by atoms with Crippen molar-refractivity contribution in [2.45, 2.75) is 65.1 Å². The number of rotatable bonds is 6. The Bertz CT molecular complexity index is 1400. The second kappa shape index (κ2) is 8.72. The van der Waals surface area contributed by atoms with Gasteiger partial charge in [-0.1, -0.05) is 26.0 Å². The predicted molar refractivity (Wildman–Crippen MR) is 142 cm³/mol. The molecule has 4 heterocycles. The fourth-order valence-electron chi connectivity index (χ4n) is 4.94. The summed E-state index contributed by atoms with van der Waals surface area (Å²) in [7, 11) is 0. The average molecular weight is 539 g/mol. The van der Waals surface area contributed by atoms with E-state index in [4.69, 9.17) is 20.9 Å². The first-order valence-corrected chi connectivity index (χ1v) is 12.7. The molecule has 8 nitrogen and oxygen atoms in total. The summed E-state index contributed by atoms with van der Waals surface area (Å²) in [5.74, 6) is 0.232. The van der Waals surface area contributed by atoms with E-state index in [0.29, 0.717) is 11.6 Å². The maximum atomic E-state index is 6.56. The molecule has 0 amide bonds. The highest BCUT2D eigenvalue weighted by molar-refractivity contribution is 9.10. The SMILES string of the molecule is CC[C@](C)(CCc1ccc2cc(Br)c(N)nc2c1)[C@H]1OC(C)(C)O[C@H]1n1ccc2c(N)ncnc21. The highest BCUT2D eigenvalue weighted by atomic mass is 79.9. The Morgan fingerprint density at radius 2 is 1.91 bits per heavy atom. The molecule has 1 aliphatic rings. The van der Waals surface area contributed by atoms with Crippen LogP contribution in [0.1, 0.15) is 52.3 Å². The lowest BCUT2D eigenvalue weighted by atomic mass is 9.76. The van der Waals surface area contributed by atoms with Gasteiger partial charge in [0, 0.05) is 11.6 Å². The molecule has 9 heteroatoms. The number of ether oxygens (including phenoxy) is 2. The molecule has 184 valence electrons. The standard InChI is InChI=1S/C26H31BrN6O2/c1-5-26(4,10-8-15-6-7-16-13-18(27)22(29)32-19(16)12-15)20-24(35-25(2,3)34-20)33-11-9-17-21(28)30-14-31-23(17)33/h6-7,9,11-14,20,24H,5,8,10H2,1-4H3,(H2,29,32)(H2,28,30,31)/t20-,24+,26+/m0/s1. The Morgan fingerprint density at radius 1 is 1.11 bits per heavy atom. The minimum atomic E-state index is -0.723. The third-order valence-corrected chi connectivity index (χ3v) is 7.87. The molecule has 1 saturated heterocycles. The van der Waals surface area contributed by atoms with Crippen molar-refractivity contribution in [3.05, 3.63) is 52.9 Å². The van der Waals surface area contributed by atoms with Crippen LogP contribution in [0.25, 0.3) is 21.9 Å². The van der Waals surface area contributed by atoms with Gasteiger partial charge in [0.2, 0.25) is 0 Å². The van der Waals surface area contributed by atoms with Gasteiger partial charge in [-0.15, -0.1) is 0 Å². The van der Waals surface area contributed by atoms with Crippen LogP contribution in [0, 0.1) is 5.41 Å². The Balaban J connectivity index is 1.45. The van der Waals surface area contributed by atoms with Gasteiger partial charge < -0.3 is 25.5 Å². The molecule has 0 unspecified atom stereocenters. The average Bonchev–Trinajstić information content (AvgIpc) is 3.39. The van der Waals surface area contributed by atoms with Crippen LogP contribution in [0.15, 0.2) is 47.3 Å². The van der Waals surface area contributed by atoms with Crippen molar-refractivity contribution < 1.29 is 9.47 Å². The van der Waals surface area contributed by atoms with Crippen LogP contribution < -0.4 is 11.5 Å². The molecule has 35 heavy (non-hydrogen) atoms. The van der Waals surface area contributed by atoms with Crippen molar-refractivity contribution in [1.82, 2.24) is 19.5 Å². The maximum absolute atomic E-state index is 6.56. The normalized spacial score (nSPS) is 21.5. The number of benzene rings is 1. The van der Waals surface area contributed by atoms with Gasteiger partial charge in [0.15, 0.2) is 12.0 Å². The zero-order chi connectivity index (χ0) is 25.0. The van der Waals surface area contributed by atoms with Crippen molar-refractivity contribution in [2.75, 3.05) is 11.5 Å². The van der Waals surface area contributed by atoms with Crippen molar-refractivity contribution >= 4 is 49.5 Å². The number of nitrogen functional groups attached to an aromatic ring is 2. The molecule has 1 aliphatic heterocycles. The molecule has 4 N–H and O–H groups in total. The number of halogens is 1. The number of hydrogen-bond acceptors (Lipinski definition) is 7. The van der Waals surface area contributed by atoms with Gasteiger partial charge in [-0.25, -0.2) is 15.0 Å². The zero-order valence-corrected chi connectivity index (χ0v) is 22.0. The third-order valence-electron chi connectivity index (χ3n) is 7.23. The van der Waals surface area contributed by atoms with Gasteiger partial charge >= 0.3 is 0 Å².